The number of aromatic amines is 1. The van der Waals surface area contributed by atoms with Gasteiger partial charge in [-0.25, -0.2) is 9.78 Å². The van der Waals surface area contributed by atoms with E-state index in [-0.39, 0.29) is 12.3 Å². The first kappa shape index (κ1) is 23.3. The smallest absolute Gasteiger partial charge is 0.410 e. The van der Waals surface area contributed by atoms with E-state index in [1.165, 1.54) is 11.3 Å². The van der Waals surface area contributed by atoms with Crippen LogP contribution in [0.15, 0.2) is 36.7 Å². The topological polar surface area (TPSA) is 120 Å². The molecule has 34 heavy (non-hydrogen) atoms. The Balaban J connectivity index is 1.38. The van der Waals surface area contributed by atoms with E-state index < -0.39 is 12.2 Å². The van der Waals surface area contributed by atoms with E-state index in [2.05, 4.69) is 21.4 Å². The number of amides is 2. The zero-order valence-corrected chi connectivity index (χ0v) is 19.8. The van der Waals surface area contributed by atoms with Crippen molar-refractivity contribution in [1.82, 2.24) is 14.9 Å². The number of nitrogens with zero attached hydrogens (tertiary/aromatic N) is 3. The van der Waals surface area contributed by atoms with E-state index in [1.54, 1.807) is 31.3 Å². The molecule has 3 heterocycles. The largest absolute Gasteiger partial charge is 0.497 e. The number of nitriles is 1. The summed E-state index contributed by atoms with van der Waals surface area (Å²) < 4.78 is 10.7. The molecule has 0 saturated carbocycles. The second-order valence-electron chi connectivity index (χ2n) is 7.89. The molecule has 0 radical (unpaired) electrons. The van der Waals surface area contributed by atoms with Gasteiger partial charge in [0.25, 0.3) is 0 Å². The van der Waals surface area contributed by atoms with Crippen LogP contribution in [-0.2, 0) is 28.9 Å². The molecule has 1 aromatic carbocycles. The first-order valence-electron chi connectivity index (χ1n) is 10.9. The Morgan fingerprint density at radius 3 is 3.00 bits per heavy atom. The van der Waals surface area contributed by atoms with Gasteiger partial charge in [0.2, 0.25) is 5.91 Å². The summed E-state index contributed by atoms with van der Waals surface area (Å²) >= 11 is 1.34. The molecule has 176 valence electrons. The fourth-order valence-electron chi connectivity index (χ4n) is 3.82. The van der Waals surface area contributed by atoms with Crippen LogP contribution in [0, 0.1) is 11.3 Å². The second kappa shape index (κ2) is 10.4. The molecule has 9 nitrogen and oxygen atoms in total. The number of aromatic nitrogens is 2. The van der Waals surface area contributed by atoms with Crippen LogP contribution in [0.3, 0.4) is 0 Å². The van der Waals surface area contributed by atoms with E-state index in [0.29, 0.717) is 42.3 Å². The van der Waals surface area contributed by atoms with E-state index in [0.717, 1.165) is 21.8 Å². The summed E-state index contributed by atoms with van der Waals surface area (Å²) in [6.45, 7) is 2.52. The molecule has 2 aromatic heterocycles. The number of hydrogen-bond donors (Lipinski definition) is 2. The zero-order valence-electron chi connectivity index (χ0n) is 19.0. The van der Waals surface area contributed by atoms with E-state index in [9.17, 15) is 14.9 Å². The van der Waals surface area contributed by atoms with E-state index >= 15 is 0 Å². The SMILES string of the molecule is COc1cccc(CCC(=O)Nc2sc3c(c2C#N)CCN(C(=O)OC(C)c2ncc[nH]2)C3)c1. The number of rotatable bonds is 7. The molecule has 0 bridgehead atoms. The number of anilines is 1. The highest BCUT2D eigenvalue weighted by Crippen LogP contribution is 2.37. The van der Waals surface area contributed by atoms with Crippen LogP contribution >= 0.6 is 11.3 Å². The van der Waals surface area contributed by atoms with Crippen molar-refractivity contribution in [3.05, 3.63) is 64.1 Å². The maximum absolute atomic E-state index is 12.6. The minimum absolute atomic E-state index is 0.165. The van der Waals surface area contributed by atoms with Crippen LogP contribution in [0.4, 0.5) is 9.80 Å². The van der Waals surface area contributed by atoms with E-state index in [1.807, 2.05) is 24.3 Å². The average Bonchev–Trinajstić information content (AvgIpc) is 3.50. The van der Waals surface area contributed by atoms with Crippen LogP contribution in [0.25, 0.3) is 0 Å². The Morgan fingerprint density at radius 1 is 1.41 bits per heavy atom. The molecule has 0 aliphatic carbocycles. The minimum Gasteiger partial charge on any atom is -0.497 e. The first-order chi connectivity index (χ1) is 16.5. The third kappa shape index (κ3) is 5.21. The summed E-state index contributed by atoms with van der Waals surface area (Å²) in [5.74, 6) is 1.16. The first-order valence-corrected chi connectivity index (χ1v) is 11.7. The number of thiophene rings is 1. The lowest BCUT2D eigenvalue weighted by molar-refractivity contribution is -0.116. The van der Waals surface area contributed by atoms with Gasteiger partial charge in [-0.2, -0.15) is 5.26 Å². The lowest BCUT2D eigenvalue weighted by Gasteiger charge is -2.27. The van der Waals surface area contributed by atoms with Crippen LogP contribution in [0.1, 0.15) is 46.8 Å². The van der Waals surface area contributed by atoms with Gasteiger partial charge >= 0.3 is 6.09 Å². The van der Waals surface area contributed by atoms with Gasteiger partial charge in [0.15, 0.2) is 6.10 Å². The summed E-state index contributed by atoms with van der Waals surface area (Å²) in [6.07, 6.45) is 3.71. The van der Waals surface area contributed by atoms with Crippen molar-refractivity contribution in [2.75, 3.05) is 19.0 Å². The van der Waals surface area contributed by atoms with Crippen molar-refractivity contribution in [1.29, 1.82) is 5.26 Å². The highest BCUT2D eigenvalue weighted by atomic mass is 32.1. The van der Waals surface area contributed by atoms with Crippen molar-refractivity contribution in [3.8, 4) is 11.8 Å². The molecule has 2 amide bonds. The zero-order chi connectivity index (χ0) is 24.1. The van der Waals surface area contributed by atoms with Gasteiger partial charge in [0.05, 0.1) is 19.2 Å². The number of carbonyl (C=O) groups excluding carboxylic acids is 2. The fraction of sp³-hybridized carbons (Fsp3) is 0.333. The Hall–Kier alpha value is -3.84. The molecular weight excluding hydrogens is 454 g/mol. The fourth-order valence-corrected chi connectivity index (χ4v) is 5.05. The van der Waals surface area contributed by atoms with Gasteiger partial charge in [-0.3, -0.25) is 4.79 Å². The highest BCUT2D eigenvalue weighted by Gasteiger charge is 2.29. The molecule has 0 fully saturated rings. The van der Waals surface area contributed by atoms with Crippen LogP contribution in [-0.4, -0.2) is 40.5 Å². The van der Waals surface area contributed by atoms with Crippen LogP contribution < -0.4 is 10.1 Å². The Labute approximate surface area is 201 Å². The standard InChI is InChI=1S/C24H25N5O4S/c1-15(22-26-9-10-27-22)33-24(31)29-11-8-18-19(13-25)23(34-20(18)14-29)28-21(30)7-6-16-4-3-5-17(12-16)32-2/h3-5,9-10,12,15H,6-8,11,14H2,1-2H3,(H,26,27)(H,28,30). The van der Waals surface area contributed by atoms with Crippen molar-refractivity contribution in [3.63, 3.8) is 0 Å². The van der Waals surface area contributed by atoms with Gasteiger partial charge in [0.1, 0.15) is 22.6 Å². The number of aryl methyl sites for hydroxylation is 1. The summed E-state index contributed by atoms with van der Waals surface area (Å²) in [6, 6.07) is 9.82. The number of benzene rings is 1. The van der Waals surface area contributed by atoms with Crippen molar-refractivity contribution in [2.45, 2.75) is 38.8 Å². The third-order valence-corrected chi connectivity index (χ3v) is 6.77. The summed E-state index contributed by atoms with van der Waals surface area (Å²) in [7, 11) is 1.61. The second-order valence-corrected chi connectivity index (χ2v) is 9.00. The number of hydrogen-bond acceptors (Lipinski definition) is 7. The predicted molar refractivity (Wildman–Crippen MR) is 127 cm³/mol. The number of methoxy groups -OCH3 is 1. The Morgan fingerprint density at radius 2 is 2.26 bits per heavy atom. The predicted octanol–water partition coefficient (Wildman–Crippen LogP) is 4.18. The summed E-state index contributed by atoms with van der Waals surface area (Å²) in [5, 5.41) is 13.1. The molecule has 4 rings (SSSR count). The van der Waals surface area contributed by atoms with Gasteiger partial charge in [-0.05, 0) is 43.0 Å². The average molecular weight is 480 g/mol. The molecule has 0 saturated heterocycles. The van der Waals surface area contributed by atoms with Crippen LogP contribution in [0.2, 0.25) is 0 Å². The monoisotopic (exact) mass is 479 g/mol. The molecule has 0 spiro atoms. The molecule has 2 N–H and O–H groups in total. The maximum Gasteiger partial charge on any atom is 0.410 e. The molecule has 1 unspecified atom stereocenters. The lowest BCUT2D eigenvalue weighted by atomic mass is 10.0. The number of carbonyl (C=O) groups is 2. The lowest BCUT2D eigenvalue weighted by Crippen LogP contribution is -2.36. The van der Waals surface area contributed by atoms with Gasteiger partial charge in [-0.1, -0.05) is 12.1 Å². The number of nitrogens with one attached hydrogen (secondary N) is 2. The number of imidazole rings is 1. The third-order valence-electron chi connectivity index (χ3n) is 5.64. The molecule has 10 heteroatoms. The highest BCUT2D eigenvalue weighted by molar-refractivity contribution is 7.16. The summed E-state index contributed by atoms with van der Waals surface area (Å²) in [4.78, 5) is 34.8. The molecule has 3 aromatic rings. The molecule has 1 aliphatic heterocycles. The van der Waals surface area contributed by atoms with E-state index in [4.69, 9.17) is 9.47 Å². The number of ether oxygens (including phenoxy) is 2. The molecular formula is C24H25N5O4S. The van der Waals surface area contributed by atoms with Gasteiger partial charge < -0.3 is 24.7 Å². The van der Waals surface area contributed by atoms with Crippen LogP contribution in [0.5, 0.6) is 5.75 Å². The molecule has 1 atom stereocenters. The van der Waals surface area contributed by atoms with Gasteiger partial charge in [-0.15, -0.1) is 11.3 Å². The van der Waals surface area contributed by atoms with Crippen molar-refractivity contribution in [2.24, 2.45) is 0 Å². The Bertz CT molecular complexity index is 1210. The molecule has 1 aliphatic rings. The van der Waals surface area contributed by atoms with Crippen molar-refractivity contribution >= 4 is 28.3 Å². The maximum atomic E-state index is 12.6. The summed E-state index contributed by atoms with van der Waals surface area (Å²) in [5.41, 5.74) is 2.36. The van der Waals surface area contributed by atoms with Crippen molar-refractivity contribution < 1.29 is 19.1 Å². The number of H-pyrrole nitrogens is 1. The number of fused-ring (bicyclic) bond motifs is 1. The quantitative estimate of drug-likeness (QED) is 0.525. The van der Waals surface area contributed by atoms with Gasteiger partial charge in [0, 0.05) is 30.2 Å². The normalized spacial score (nSPS) is 13.5. The Kier molecular flexibility index (Phi) is 7.13. The minimum atomic E-state index is -0.499.